The van der Waals surface area contributed by atoms with E-state index in [-0.39, 0.29) is 24.0 Å². The highest BCUT2D eigenvalue weighted by molar-refractivity contribution is 14.0. The molecule has 3 rings (SSSR count). The highest BCUT2D eigenvalue weighted by Crippen LogP contribution is 2.28. The largest absolute Gasteiger partial charge is 0.355 e. The fourth-order valence-electron chi connectivity index (χ4n) is 3.97. The van der Waals surface area contributed by atoms with Crippen LogP contribution < -0.4 is 10.6 Å². The molecule has 1 aromatic carbocycles. The maximum atomic E-state index is 12.3. The van der Waals surface area contributed by atoms with Gasteiger partial charge in [-0.15, -0.1) is 24.0 Å². The van der Waals surface area contributed by atoms with Gasteiger partial charge in [0, 0.05) is 58.3 Å². The minimum absolute atomic E-state index is 0. The van der Waals surface area contributed by atoms with Crippen molar-refractivity contribution in [3.8, 4) is 0 Å². The first kappa shape index (κ1) is 24.9. The summed E-state index contributed by atoms with van der Waals surface area (Å²) in [5, 5.41) is 6.92. The van der Waals surface area contributed by atoms with Crippen LogP contribution in [0.15, 0.2) is 35.3 Å². The van der Waals surface area contributed by atoms with Crippen LogP contribution in [0.5, 0.6) is 0 Å². The number of nitrogens with zero attached hydrogens (tertiary/aromatic N) is 3. The lowest BCUT2D eigenvalue weighted by molar-refractivity contribution is -0.139. The van der Waals surface area contributed by atoms with Gasteiger partial charge in [0.15, 0.2) is 5.96 Å². The average molecular weight is 527 g/mol. The van der Waals surface area contributed by atoms with Crippen LogP contribution in [0.2, 0.25) is 0 Å². The molecule has 30 heavy (non-hydrogen) atoms. The Labute approximate surface area is 198 Å². The Hall–Kier alpha value is -1.35. The standard InChI is InChI=1S/C23H37N5O.HI/c1-19(11-12-20-7-4-3-5-8-20)26-23(24-2)25-13-14-27-15-17-28(18-16-27)22(29)21-9-6-10-21;/h3-5,7-8,19,21H,6,9-18H2,1-2H3,(H2,24,25,26);1H. The van der Waals surface area contributed by atoms with Crippen molar-refractivity contribution in [2.24, 2.45) is 10.9 Å². The van der Waals surface area contributed by atoms with Gasteiger partial charge in [-0.05, 0) is 38.2 Å². The maximum Gasteiger partial charge on any atom is 0.225 e. The monoisotopic (exact) mass is 527 g/mol. The number of benzene rings is 1. The number of carbonyl (C=O) groups is 1. The van der Waals surface area contributed by atoms with Gasteiger partial charge in [0.1, 0.15) is 0 Å². The number of hydrogen-bond acceptors (Lipinski definition) is 3. The molecule has 1 atom stereocenters. The fourth-order valence-corrected chi connectivity index (χ4v) is 3.97. The van der Waals surface area contributed by atoms with E-state index >= 15 is 0 Å². The summed E-state index contributed by atoms with van der Waals surface area (Å²) in [6.45, 7) is 7.73. The molecule has 0 bridgehead atoms. The lowest BCUT2D eigenvalue weighted by Crippen LogP contribution is -2.52. The predicted molar refractivity (Wildman–Crippen MR) is 134 cm³/mol. The molecule has 168 valence electrons. The fraction of sp³-hybridized carbons (Fsp3) is 0.652. The van der Waals surface area contributed by atoms with Crippen molar-refractivity contribution < 1.29 is 4.79 Å². The van der Waals surface area contributed by atoms with Gasteiger partial charge in [0.05, 0.1) is 0 Å². The number of aliphatic imine (C=N–C) groups is 1. The van der Waals surface area contributed by atoms with Gasteiger partial charge in [0.25, 0.3) is 0 Å². The molecular weight excluding hydrogens is 489 g/mol. The summed E-state index contributed by atoms with van der Waals surface area (Å²) < 4.78 is 0. The number of piperazine rings is 1. The molecule has 2 aliphatic rings. The Morgan fingerprint density at radius 1 is 1.17 bits per heavy atom. The van der Waals surface area contributed by atoms with E-state index in [1.165, 1.54) is 12.0 Å². The first-order valence-electron chi connectivity index (χ1n) is 11.2. The first-order chi connectivity index (χ1) is 14.2. The van der Waals surface area contributed by atoms with Crippen molar-refractivity contribution in [2.45, 2.75) is 45.1 Å². The SMILES string of the molecule is CN=C(NCCN1CCN(C(=O)C2CCC2)CC1)NC(C)CCc1ccccc1.I. The highest BCUT2D eigenvalue weighted by atomic mass is 127. The number of amides is 1. The van der Waals surface area contributed by atoms with E-state index in [0.717, 1.165) is 70.9 Å². The second-order valence-corrected chi connectivity index (χ2v) is 8.36. The lowest BCUT2D eigenvalue weighted by atomic mass is 9.84. The van der Waals surface area contributed by atoms with Crippen molar-refractivity contribution in [3.05, 3.63) is 35.9 Å². The van der Waals surface area contributed by atoms with E-state index in [0.29, 0.717) is 17.9 Å². The van der Waals surface area contributed by atoms with Crippen molar-refractivity contribution in [3.63, 3.8) is 0 Å². The third-order valence-electron chi connectivity index (χ3n) is 6.17. The van der Waals surface area contributed by atoms with E-state index in [9.17, 15) is 4.79 Å². The molecule has 1 aromatic rings. The van der Waals surface area contributed by atoms with E-state index < -0.39 is 0 Å². The van der Waals surface area contributed by atoms with Gasteiger partial charge in [-0.1, -0.05) is 36.8 Å². The summed E-state index contributed by atoms with van der Waals surface area (Å²) >= 11 is 0. The van der Waals surface area contributed by atoms with Crippen molar-refractivity contribution in [1.29, 1.82) is 0 Å². The molecule has 0 aromatic heterocycles. The topological polar surface area (TPSA) is 60.0 Å². The molecular formula is C23H38IN5O. The first-order valence-corrected chi connectivity index (χ1v) is 11.2. The second-order valence-electron chi connectivity index (χ2n) is 8.36. The molecule has 2 N–H and O–H groups in total. The Morgan fingerprint density at radius 3 is 2.47 bits per heavy atom. The highest BCUT2D eigenvalue weighted by Gasteiger charge is 2.30. The van der Waals surface area contributed by atoms with Crippen molar-refractivity contribution >= 4 is 35.8 Å². The van der Waals surface area contributed by atoms with Gasteiger partial charge < -0.3 is 15.5 Å². The smallest absolute Gasteiger partial charge is 0.225 e. The van der Waals surface area contributed by atoms with Gasteiger partial charge in [-0.3, -0.25) is 14.7 Å². The number of rotatable bonds is 8. The van der Waals surface area contributed by atoms with Gasteiger partial charge in [-0.2, -0.15) is 0 Å². The Kier molecular flexibility index (Phi) is 10.9. The summed E-state index contributed by atoms with van der Waals surface area (Å²) in [5.41, 5.74) is 1.37. The van der Waals surface area contributed by atoms with E-state index in [2.05, 4.69) is 62.7 Å². The Balaban J connectivity index is 0.00000320. The summed E-state index contributed by atoms with van der Waals surface area (Å²) in [4.78, 5) is 21.2. The molecule has 6 nitrogen and oxygen atoms in total. The van der Waals surface area contributed by atoms with Crippen LogP contribution in [-0.2, 0) is 11.2 Å². The van der Waals surface area contributed by atoms with Crippen LogP contribution in [0.4, 0.5) is 0 Å². The number of halogens is 1. The van der Waals surface area contributed by atoms with Crippen LogP contribution >= 0.6 is 24.0 Å². The van der Waals surface area contributed by atoms with Gasteiger partial charge >= 0.3 is 0 Å². The molecule has 1 saturated carbocycles. The van der Waals surface area contributed by atoms with Crippen LogP contribution in [-0.4, -0.2) is 74.0 Å². The number of aryl methyl sites for hydroxylation is 1. The Morgan fingerprint density at radius 2 is 1.87 bits per heavy atom. The molecule has 1 heterocycles. The maximum absolute atomic E-state index is 12.3. The number of carbonyl (C=O) groups excluding carboxylic acids is 1. The molecule has 2 fully saturated rings. The third-order valence-corrected chi connectivity index (χ3v) is 6.17. The minimum Gasteiger partial charge on any atom is -0.355 e. The zero-order valence-electron chi connectivity index (χ0n) is 18.5. The number of nitrogens with one attached hydrogen (secondary N) is 2. The molecule has 1 aliphatic heterocycles. The van der Waals surface area contributed by atoms with Crippen LogP contribution in [0, 0.1) is 5.92 Å². The summed E-state index contributed by atoms with van der Waals surface area (Å²) in [6, 6.07) is 11.0. The molecule has 0 spiro atoms. The average Bonchev–Trinajstić information content (AvgIpc) is 2.71. The number of guanidine groups is 1. The summed E-state index contributed by atoms with van der Waals surface area (Å²) in [6.07, 6.45) is 5.55. The summed E-state index contributed by atoms with van der Waals surface area (Å²) in [5.74, 6) is 1.58. The van der Waals surface area contributed by atoms with Crippen LogP contribution in [0.25, 0.3) is 0 Å². The zero-order chi connectivity index (χ0) is 20.5. The van der Waals surface area contributed by atoms with E-state index in [4.69, 9.17) is 0 Å². The number of hydrogen-bond donors (Lipinski definition) is 2. The molecule has 7 heteroatoms. The zero-order valence-corrected chi connectivity index (χ0v) is 20.8. The minimum atomic E-state index is 0. The predicted octanol–water partition coefficient (Wildman–Crippen LogP) is 2.74. The van der Waals surface area contributed by atoms with E-state index in [1.54, 1.807) is 0 Å². The van der Waals surface area contributed by atoms with Gasteiger partial charge in [-0.25, -0.2) is 0 Å². The third kappa shape index (κ3) is 7.72. The van der Waals surface area contributed by atoms with Gasteiger partial charge in [0.2, 0.25) is 5.91 Å². The van der Waals surface area contributed by atoms with E-state index in [1.807, 2.05) is 7.05 Å². The second kappa shape index (κ2) is 13.1. The Bertz CT molecular complexity index is 657. The quantitative estimate of drug-likeness (QED) is 0.310. The lowest BCUT2D eigenvalue weighted by Gasteiger charge is -2.38. The molecule has 1 amide bonds. The van der Waals surface area contributed by atoms with Crippen molar-refractivity contribution in [2.75, 3.05) is 46.3 Å². The summed E-state index contributed by atoms with van der Waals surface area (Å²) in [7, 11) is 1.82. The van der Waals surface area contributed by atoms with Crippen molar-refractivity contribution in [1.82, 2.24) is 20.4 Å². The normalized spacial score (nSPS) is 18.9. The van der Waals surface area contributed by atoms with Crippen LogP contribution in [0.1, 0.15) is 38.2 Å². The molecule has 0 radical (unpaired) electrons. The molecule has 1 saturated heterocycles. The molecule has 1 unspecified atom stereocenters. The van der Waals surface area contributed by atoms with Crippen LogP contribution in [0.3, 0.4) is 0 Å². The molecule has 1 aliphatic carbocycles.